The second-order valence-corrected chi connectivity index (χ2v) is 5.57. The van der Waals surface area contributed by atoms with E-state index in [0.29, 0.717) is 28.9 Å². The molecule has 1 atom stereocenters. The summed E-state index contributed by atoms with van der Waals surface area (Å²) in [5.41, 5.74) is 0. The second-order valence-electron chi connectivity index (χ2n) is 4.76. The lowest BCUT2D eigenvalue weighted by molar-refractivity contribution is 0.0433. The van der Waals surface area contributed by atoms with Gasteiger partial charge < -0.3 is 20.1 Å². The molecule has 1 unspecified atom stereocenters. The summed E-state index contributed by atoms with van der Waals surface area (Å²) < 4.78 is 5.68. The molecule has 2 amide bonds. The van der Waals surface area contributed by atoms with Gasteiger partial charge in [0, 0.05) is 12.6 Å². The van der Waals surface area contributed by atoms with Gasteiger partial charge in [0.2, 0.25) is 0 Å². The number of rotatable bonds is 4. The Bertz CT molecular complexity index is 491. The van der Waals surface area contributed by atoms with Gasteiger partial charge in [0.25, 0.3) is 0 Å². The van der Waals surface area contributed by atoms with Gasteiger partial charge in [0.15, 0.2) is 0 Å². The predicted molar refractivity (Wildman–Crippen MR) is 77.5 cm³/mol. The number of aliphatic hydroxyl groups excluding tert-OH is 1. The summed E-state index contributed by atoms with van der Waals surface area (Å²) in [5, 5.41) is 12.6. The van der Waals surface area contributed by atoms with Gasteiger partial charge >= 0.3 is 6.03 Å². The lowest BCUT2D eigenvalue weighted by Gasteiger charge is -2.38. The van der Waals surface area contributed by atoms with Crippen LogP contribution < -0.4 is 10.1 Å². The van der Waals surface area contributed by atoms with Crippen LogP contribution in [0.3, 0.4) is 0 Å². The maximum atomic E-state index is 11.6. The normalized spacial score (nSPS) is 16.5. The van der Waals surface area contributed by atoms with E-state index in [-0.39, 0.29) is 18.7 Å². The Morgan fingerprint density at radius 3 is 2.80 bits per heavy atom. The van der Waals surface area contributed by atoms with Gasteiger partial charge in [-0.2, -0.15) is 0 Å². The van der Waals surface area contributed by atoms with Crippen molar-refractivity contribution >= 4 is 29.2 Å². The van der Waals surface area contributed by atoms with Crippen molar-refractivity contribution in [2.45, 2.75) is 19.1 Å². The highest BCUT2D eigenvalue weighted by Gasteiger charge is 2.32. The van der Waals surface area contributed by atoms with E-state index in [9.17, 15) is 4.79 Å². The molecule has 1 heterocycles. The first-order chi connectivity index (χ1) is 9.45. The molecule has 0 aliphatic carbocycles. The number of hydrogen-bond donors (Lipinski definition) is 2. The molecule has 1 saturated heterocycles. The summed E-state index contributed by atoms with van der Waals surface area (Å²) >= 11 is 11.7. The molecule has 20 heavy (non-hydrogen) atoms. The molecular weight excluding hydrogens is 303 g/mol. The summed E-state index contributed by atoms with van der Waals surface area (Å²) in [4.78, 5) is 13.3. The summed E-state index contributed by atoms with van der Waals surface area (Å²) in [6.45, 7) is 2.87. The number of halogens is 2. The van der Waals surface area contributed by atoms with Crippen LogP contribution in [-0.4, -0.2) is 47.9 Å². The van der Waals surface area contributed by atoms with Gasteiger partial charge in [0.1, 0.15) is 11.9 Å². The quantitative estimate of drug-likeness (QED) is 0.894. The predicted octanol–water partition coefficient (Wildman–Crippen LogP) is 2.15. The number of aliphatic hydroxyl groups is 1. The first kappa shape index (κ1) is 15.2. The Morgan fingerprint density at radius 1 is 1.50 bits per heavy atom. The van der Waals surface area contributed by atoms with E-state index >= 15 is 0 Å². The Labute approximate surface area is 127 Å². The van der Waals surface area contributed by atoms with Crippen LogP contribution in [0.5, 0.6) is 5.75 Å². The third kappa shape index (κ3) is 3.91. The van der Waals surface area contributed by atoms with Gasteiger partial charge in [-0.25, -0.2) is 4.79 Å². The van der Waals surface area contributed by atoms with Crippen LogP contribution in [0, 0.1) is 0 Å². The first-order valence-corrected chi connectivity index (χ1v) is 7.04. The minimum atomic E-state index is -0.552. The highest BCUT2D eigenvalue weighted by Crippen LogP contribution is 2.27. The monoisotopic (exact) mass is 318 g/mol. The number of benzene rings is 1. The zero-order chi connectivity index (χ0) is 14.7. The van der Waals surface area contributed by atoms with Gasteiger partial charge in [-0.3, -0.25) is 0 Å². The number of urea groups is 1. The summed E-state index contributed by atoms with van der Waals surface area (Å²) in [6, 6.07) is 4.87. The number of nitrogens with zero attached hydrogens (tertiary/aromatic N) is 1. The molecule has 5 nitrogen and oxygen atoms in total. The molecule has 1 aliphatic rings. The average Bonchev–Trinajstić information content (AvgIpc) is 2.34. The van der Waals surface area contributed by atoms with E-state index in [0.717, 1.165) is 0 Å². The molecular formula is C13H16Cl2N2O3. The van der Waals surface area contributed by atoms with Gasteiger partial charge in [-0.05, 0) is 19.1 Å². The molecule has 2 N–H and O–H groups in total. The van der Waals surface area contributed by atoms with Crippen LogP contribution in [0.4, 0.5) is 4.79 Å². The number of nitrogens with one attached hydrogen (secondary N) is 1. The molecule has 0 radical (unpaired) electrons. The van der Waals surface area contributed by atoms with Gasteiger partial charge in [0.05, 0.1) is 29.2 Å². The number of ether oxygens (including phenoxy) is 1. The van der Waals surface area contributed by atoms with Crippen LogP contribution in [0.15, 0.2) is 18.2 Å². The highest BCUT2D eigenvalue weighted by atomic mass is 35.5. The Hall–Kier alpha value is -1.17. The van der Waals surface area contributed by atoms with Crippen molar-refractivity contribution in [1.82, 2.24) is 10.2 Å². The van der Waals surface area contributed by atoms with E-state index in [2.05, 4.69) is 5.32 Å². The van der Waals surface area contributed by atoms with Crippen molar-refractivity contribution in [3.63, 3.8) is 0 Å². The Balaban J connectivity index is 1.76. The molecule has 1 fully saturated rings. The SMILES string of the molecule is CC(O)CNC(=O)N1CC(Oc2ccc(Cl)c(Cl)c2)C1. The van der Waals surface area contributed by atoms with Gasteiger partial charge in [-0.15, -0.1) is 0 Å². The lowest BCUT2D eigenvalue weighted by atomic mass is 10.2. The maximum absolute atomic E-state index is 11.6. The molecule has 1 aromatic rings. The van der Waals surface area contributed by atoms with E-state index in [1.54, 1.807) is 30.0 Å². The lowest BCUT2D eigenvalue weighted by Crippen LogP contribution is -2.59. The molecule has 110 valence electrons. The summed E-state index contributed by atoms with van der Waals surface area (Å²) in [6.07, 6.45) is -0.604. The van der Waals surface area contributed by atoms with Crippen LogP contribution in [0.25, 0.3) is 0 Å². The zero-order valence-corrected chi connectivity index (χ0v) is 12.5. The number of likely N-dealkylation sites (tertiary alicyclic amines) is 1. The molecule has 1 aromatic carbocycles. The first-order valence-electron chi connectivity index (χ1n) is 6.28. The zero-order valence-electron chi connectivity index (χ0n) is 11.0. The van der Waals surface area contributed by atoms with E-state index in [4.69, 9.17) is 33.0 Å². The third-order valence-corrected chi connectivity index (χ3v) is 3.62. The number of hydrogen-bond acceptors (Lipinski definition) is 3. The average molecular weight is 319 g/mol. The van der Waals surface area contributed by atoms with Crippen molar-refractivity contribution < 1.29 is 14.6 Å². The largest absolute Gasteiger partial charge is 0.487 e. The van der Waals surface area contributed by atoms with Crippen molar-refractivity contribution in [3.05, 3.63) is 28.2 Å². The highest BCUT2D eigenvalue weighted by molar-refractivity contribution is 6.42. The molecule has 0 aromatic heterocycles. The third-order valence-electron chi connectivity index (χ3n) is 2.88. The molecule has 0 bridgehead atoms. The minimum absolute atomic E-state index is 0.0513. The topological polar surface area (TPSA) is 61.8 Å². The fourth-order valence-corrected chi connectivity index (χ4v) is 2.06. The smallest absolute Gasteiger partial charge is 0.317 e. The molecule has 0 spiro atoms. The number of carbonyl (C=O) groups is 1. The van der Waals surface area contributed by atoms with Crippen LogP contribution in [0.1, 0.15) is 6.92 Å². The van der Waals surface area contributed by atoms with Crippen molar-refractivity contribution in [1.29, 1.82) is 0 Å². The second kappa shape index (κ2) is 6.52. The standard InChI is InChI=1S/C13H16Cl2N2O3/c1-8(18)5-16-13(19)17-6-10(7-17)20-9-2-3-11(14)12(15)4-9/h2-4,8,10,18H,5-7H2,1H3,(H,16,19). The fourth-order valence-electron chi connectivity index (χ4n) is 1.77. The Morgan fingerprint density at radius 2 is 2.20 bits per heavy atom. The number of amides is 2. The molecule has 7 heteroatoms. The van der Waals surface area contributed by atoms with Crippen molar-refractivity contribution in [2.75, 3.05) is 19.6 Å². The molecule has 2 rings (SSSR count). The number of carbonyl (C=O) groups excluding carboxylic acids is 1. The minimum Gasteiger partial charge on any atom is -0.487 e. The summed E-state index contributed by atoms with van der Waals surface area (Å²) in [7, 11) is 0. The summed E-state index contributed by atoms with van der Waals surface area (Å²) in [5.74, 6) is 0.633. The van der Waals surface area contributed by atoms with Crippen LogP contribution in [-0.2, 0) is 0 Å². The van der Waals surface area contributed by atoms with Crippen molar-refractivity contribution in [2.24, 2.45) is 0 Å². The molecule has 1 aliphatic heterocycles. The van der Waals surface area contributed by atoms with Crippen LogP contribution in [0.2, 0.25) is 10.0 Å². The van der Waals surface area contributed by atoms with E-state index < -0.39 is 6.10 Å². The van der Waals surface area contributed by atoms with Crippen LogP contribution >= 0.6 is 23.2 Å². The van der Waals surface area contributed by atoms with E-state index in [1.807, 2.05) is 0 Å². The fraction of sp³-hybridized carbons (Fsp3) is 0.462. The van der Waals surface area contributed by atoms with Gasteiger partial charge in [-0.1, -0.05) is 23.2 Å². The van der Waals surface area contributed by atoms with E-state index in [1.165, 1.54) is 0 Å². The Kier molecular flexibility index (Phi) is 4.96. The van der Waals surface area contributed by atoms with Crippen molar-refractivity contribution in [3.8, 4) is 5.75 Å². The molecule has 0 saturated carbocycles. The maximum Gasteiger partial charge on any atom is 0.317 e.